The zero-order valence-corrected chi connectivity index (χ0v) is 19.8. The Labute approximate surface area is 181 Å². The summed E-state index contributed by atoms with van der Waals surface area (Å²) in [5, 5.41) is 33.4. The Morgan fingerprint density at radius 2 is 0.900 bits per heavy atom. The molecular formula is C22H42N4O4. The van der Waals surface area contributed by atoms with E-state index >= 15 is 0 Å². The first-order chi connectivity index (χ1) is 13.4. The molecule has 2 aliphatic rings. The maximum absolute atomic E-state index is 12.1. The summed E-state index contributed by atoms with van der Waals surface area (Å²) in [5.74, 6) is -2.28. The number of hydrogen-bond acceptors (Lipinski definition) is 6. The van der Waals surface area contributed by atoms with Crippen LogP contribution in [0.2, 0.25) is 0 Å². The quantitative estimate of drug-likeness (QED) is 0.364. The van der Waals surface area contributed by atoms with Crippen molar-refractivity contribution in [3.8, 4) is 0 Å². The van der Waals surface area contributed by atoms with Crippen LogP contribution in [0.3, 0.4) is 0 Å². The zero-order chi connectivity index (χ0) is 23.1. The summed E-state index contributed by atoms with van der Waals surface area (Å²) < 4.78 is 0. The Kier molecular flexibility index (Phi) is 6.99. The van der Waals surface area contributed by atoms with Crippen molar-refractivity contribution in [2.24, 2.45) is 0 Å². The molecule has 2 unspecified atom stereocenters. The smallest absolute Gasteiger partial charge is 0.322 e. The third-order valence-electron chi connectivity index (χ3n) is 6.08. The molecule has 2 aliphatic heterocycles. The molecule has 6 N–H and O–H groups in total. The number of carboxylic acids is 2. The predicted molar refractivity (Wildman–Crippen MR) is 118 cm³/mol. The third-order valence-corrected chi connectivity index (χ3v) is 6.08. The summed E-state index contributed by atoms with van der Waals surface area (Å²) in [6, 6.07) is -2.61. The lowest BCUT2D eigenvalue weighted by Gasteiger charge is -2.48. The number of rotatable bonds is 7. The van der Waals surface area contributed by atoms with Gasteiger partial charge in [-0.3, -0.25) is 20.2 Å². The second kappa shape index (κ2) is 8.37. The molecule has 8 nitrogen and oxygen atoms in total. The highest BCUT2D eigenvalue weighted by Gasteiger charge is 2.44. The molecule has 174 valence electrons. The Morgan fingerprint density at radius 1 is 0.667 bits per heavy atom. The van der Waals surface area contributed by atoms with E-state index in [2.05, 4.69) is 76.7 Å². The number of aliphatic carboxylic acids is 2. The van der Waals surface area contributed by atoms with Crippen molar-refractivity contribution in [2.75, 3.05) is 0 Å². The second-order valence-corrected chi connectivity index (χ2v) is 12.0. The fourth-order valence-electron chi connectivity index (χ4n) is 6.01. The van der Waals surface area contributed by atoms with Gasteiger partial charge in [-0.25, -0.2) is 0 Å². The third kappa shape index (κ3) is 6.90. The van der Waals surface area contributed by atoms with Gasteiger partial charge in [0.05, 0.1) is 0 Å². The minimum absolute atomic E-state index is 0.0955. The van der Waals surface area contributed by atoms with Crippen molar-refractivity contribution < 1.29 is 19.8 Å². The van der Waals surface area contributed by atoms with E-state index in [1.807, 2.05) is 0 Å². The average Bonchev–Trinajstić information content (AvgIpc) is 2.43. The molecule has 8 heteroatoms. The molecule has 0 amide bonds. The molecule has 0 bridgehead atoms. The minimum Gasteiger partial charge on any atom is -0.480 e. The Balaban J connectivity index is 2.20. The number of carbonyl (C=O) groups is 2. The molecule has 0 aromatic rings. The van der Waals surface area contributed by atoms with Gasteiger partial charge >= 0.3 is 11.9 Å². The highest BCUT2D eigenvalue weighted by atomic mass is 16.4. The molecule has 30 heavy (non-hydrogen) atoms. The first-order valence-corrected chi connectivity index (χ1v) is 11.0. The number of hydrogen-bond donors (Lipinski definition) is 6. The molecule has 2 saturated heterocycles. The van der Waals surface area contributed by atoms with Crippen LogP contribution in [-0.4, -0.2) is 68.5 Å². The fraction of sp³-hybridized carbons (Fsp3) is 0.909. The molecule has 2 atom stereocenters. The predicted octanol–water partition coefficient (Wildman–Crippen LogP) is 1.69. The number of carboxylic acid groups (broad SMARTS) is 2. The van der Waals surface area contributed by atoms with Gasteiger partial charge in [0.2, 0.25) is 0 Å². The van der Waals surface area contributed by atoms with Gasteiger partial charge in [0.25, 0.3) is 0 Å². The molecule has 0 aromatic carbocycles. The topological polar surface area (TPSA) is 123 Å². The molecule has 0 saturated carbocycles. The summed E-state index contributed by atoms with van der Waals surface area (Å²) in [4.78, 5) is 24.3. The highest BCUT2D eigenvalue weighted by molar-refractivity contribution is 5.85. The standard InChI is InChI=1S/C22H42N4O4/c1-19(2)9-13(10-20(3,4)25-19)23-15(17(27)28)16(18(29)30)24-14-11-21(5,6)26-22(7,8)12-14/h13-16,23-26H,9-12H2,1-8H3,(H,27,28)(H,29,30). The Hall–Kier alpha value is -1.22. The van der Waals surface area contributed by atoms with Gasteiger partial charge in [0.15, 0.2) is 0 Å². The normalized spacial score (nSPS) is 27.9. The van der Waals surface area contributed by atoms with Crippen molar-refractivity contribution in [1.82, 2.24) is 21.3 Å². The lowest BCUT2D eigenvalue weighted by atomic mass is 9.78. The lowest BCUT2D eigenvalue weighted by molar-refractivity contribution is -0.149. The Bertz CT molecular complexity index is 572. The first-order valence-electron chi connectivity index (χ1n) is 11.0. The van der Waals surface area contributed by atoms with Crippen LogP contribution >= 0.6 is 0 Å². The first kappa shape index (κ1) is 25.0. The van der Waals surface area contributed by atoms with Crippen LogP contribution in [0, 0.1) is 0 Å². The minimum atomic E-state index is -1.21. The molecule has 2 rings (SSSR count). The zero-order valence-electron chi connectivity index (χ0n) is 19.8. The number of piperidine rings is 2. The van der Waals surface area contributed by atoms with Crippen LogP contribution in [0.1, 0.15) is 81.1 Å². The Morgan fingerprint density at radius 3 is 1.10 bits per heavy atom. The SMILES string of the molecule is CC1(C)CC(NC(C(=O)O)C(NC2CC(C)(C)NC(C)(C)C2)C(=O)O)CC(C)(C)N1. The lowest BCUT2D eigenvalue weighted by Crippen LogP contribution is -2.68. The average molecular weight is 427 g/mol. The van der Waals surface area contributed by atoms with Gasteiger partial charge in [0.1, 0.15) is 12.1 Å². The van der Waals surface area contributed by atoms with Crippen LogP contribution in [0.5, 0.6) is 0 Å². The van der Waals surface area contributed by atoms with Crippen LogP contribution in [0.15, 0.2) is 0 Å². The van der Waals surface area contributed by atoms with E-state index in [9.17, 15) is 19.8 Å². The summed E-state index contributed by atoms with van der Waals surface area (Å²) in [5.41, 5.74) is -0.676. The van der Waals surface area contributed by atoms with Gasteiger partial charge in [-0.2, -0.15) is 0 Å². The van der Waals surface area contributed by atoms with Gasteiger partial charge in [0, 0.05) is 34.2 Å². The van der Waals surface area contributed by atoms with Crippen LogP contribution in [-0.2, 0) is 9.59 Å². The van der Waals surface area contributed by atoms with Gasteiger partial charge in [-0.1, -0.05) is 0 Å². The van der Waals surface area contributed by atoms with Gasteiger partial charge in [-0.15, -0.1) is 0 Å². The number of nitrogens with one attached hydrogen (secondary N) is 4. The van der Waals surface area contributed by atoms with E-state index in [1.165, 1.54) is 0 Å². The monoisotopic (exact) mass is 426 g/mol. The van der Waals surface area contributed by atoms with Gasteiger partial charge < -0.3 is 20.8 Å². The molecule has 0 aromatic heterocycles. The molecule has 0 spiro atoms. The maximum Gasteiger partial charge on any atom is 0.322 e. The van der Waals surface area contributed by atoms with E-state index in [4.69, 9.17) is 0 Å². The summed E-state index contributed by atoms with van der Waals surface area (Å²) in [6.07, 6.45) is 2.89. The summed E-state index contributed by atoms with van der Waals surface area (Å²) in [6.45, 7) is 16.7. The van der Waals surface area contributed by atoms with Crippen molar-refractivity contribution in [2.45, 2.75) is 127 Å². The van der Waals surface area contributed by atoms with Crippen molar-refractivity contribution in [1.29, 1.82) is 0 Å². The van der Waals surface area contributed by atoms with Gasteiger partial charge in [-0.05, 0) is 81.1 Å². The highest BCUT2D eigenvalue weighted by Crippen LogP contribution is 2.30. The second-order valence-electron chi connectivity index (χ2n) is 12.0. The van der Waals surface area contributed by atoms with E-state index < -0.39 is 24.0 Å². The van der Waals surface area contributed by atoms with E-state index in [1.54, 1.807) is 0 Å². The van der Waals surface area contributed by atoms with Crippen molar-refractivity contribution >= 4 is 11.9 Å². The molecule has 0 aliphatic carbocycles. The molecule has 2 heterocycles. The van der Waals surface area contributed by atoms with Crippen LogP contribution in [0.4, 0.5) is 0 Å². The van der Waals surface area contributed by atoms with E-state index in [0.29, 0.717) is 0 Å². The maximum atomic E-state index is 12.1. The van der Waals surface area contributed by atoms with Crippen LogP contribution in [0.25, 0.3) is 0 Å². The van der Waals surface area contributed by atoms with E-state index in [0.717, 1.165) is 25.7 Å². The van der Waals surface area contributed by atoms with Crippen molar-refractivity contribution in [3.63, 3.8) is 0 Å². The summed E-state index contributed by atoms with van der Waals surface area (Å²) in [7, 11) is 0. The summed E-state index contributed by atoms with van der Waals surface area (Å²) >= 11 is 0. The molecule has 0 radical (unpaired) electrons. The molecule has 2 fully saturated rings. The van der Waals surface area contributed by atoms with Crippen LogP contribution < -0.4 is 21.3 Å². The molecular weight excluding hydrogens is 384 g/mol. The van der Waals surface area contributed by atoms with E-state index in [-0.39, 0.29) is 34.2 Å². The largest absolute Gasteiger partial charge is 0.480 e. The van der Waals surface area contributed by atoms with Crippen molar-refractivity contribution in [3.05, 3.63) is 0 Å². The fourth-order valence-corrected chi connectivity index (χ4v) is 6.01.